The molecule has 2 aromatic carbocycles. The normalized spacial score (nSPS) is 11.6. The van der Waals surface area contributed by atoms with E-state index in [0.29, 0.717) is 27.3 Å². The van der Waals surface area contributed by atoms with Gasteiger partial charge in [0.2, 0.25) is 15.9 Å². The van der Waals surface area contributed by atoms with E-state index < -0.39 is 39.8 Å². The molecule has 0 radical (unpaired) electrons. The van der Waals surface area contributed by atoms with Crippen LogP contribution in [0.3, 0.4) is 0 Å². The molecule has 1 aromatic heterocycles. The van der Waals surface area contributed by atoms with Crippen LogP contribution in [0.25, 0.3) is 10.2 Å². The zero-order valence-corrected chi connectivity index (χ0v) is 17.1. The third-order valence-electron chi connectivity index (χ3n) is 4.13. The Bertz CT molecular complexity index is 1250. The molecule has 0 saturated heterocycles. The lowest BCUT2D eigenvalue weighted by molar-refractivity contribution is -0.114. The molecule has 0 aliphatic carbocycles. The number of aromatic nitrogens is 1. The minimum atomic E-state index is -4.01. The summed E-state index contributed by atoms with van der Waals surface area (Å²) in [5.41, 5.74) is 0.657. The van der Waals surface area contributed by atoms with Crippen LogP contribution < -0.4 is 14.5 Å². The lowest BCUT2D eigenvalue weighted by Gasteiger charge is -2.22. The quantitative estimate of drug-likeness (QED) is 0.637. The minimum Gasteiger partial charge on any atom is -0.324 e. The molecule has 0 fully saturated rings. The van der Waals surface area contributed by atoms with Crippen molar-refractivity contribution in [1.82, 2.24) is 4.57 Å². The number of benzene rings is 2. The molecule has 0 atom stereocenters. The van der Waals surface area contributed by atoms with Crippen molar-refractivity contribution in [3.63, 3.8) is 0 Å². The van der Waals surface area contributed by atoms with Crippen molar-refractivity contribution in [2.45, 2.75) is 13.5 Å². The maximum absolute atomic E-state index is 14.0. The molecule has 11 heteroatoms. The average Bonchev–Trinajstić information content (AvgIpc) is 2.93. The zero-order chi connectivity index (χ0) is 21.3. The summed E-state index contributed by atoms with van der Waals surface area (Å²) in [6, 6.07) is 7.27. The third kappa shape index (κ3) is 4.46. The SMILES string of the molecule is CCn1c(=O)sc2cc(NC(=O)CN(c3ccc(F)cc3F)S(C)(=O)=O)ccc21. The number of carbonyl (C=O) groups is 1. The minimum absolute atomic E-state index is 0.124. The second kappa shape index (κ2) is 7.91. The molecule has 0 bridgehead atoms. The van der Waals surface area contributed by atoms with Crippen LogP contribution in [-0.2, 0) is 21.4 Å². The molecule has 0 aliphatic rings. The lowest BCUT2D eigenvalue weighted by Crippen LogP contribution is -2.38. The van der Waals surface area contributed by atoms with Crippen LogP contribution in [0.1, 0.15) is 6.92 Å². The third-order valence-corrected chi connectivity index (χ3v) is 6.20. The Morgan fingerprint density at radius 2 is 1.93 bits per heavy atom. The molecule has 29 heavy (non-hydrogen) atoms. The number of halogens is 2. The summed E-state index contributed by atoms with van der Waals surface area (Å²) in [4.78, 5) is 24.2. The number of nitrogens with one attached hydrogen (secondary N) is 1. The van der Waals surface area contributed by atoms with Gasteiger partial charge in [0.1, 0.15) is 18.2 Å². The van der Waals surface area contributed by atoms with Crippen molar-refractivity contribution in [1.29, 1.82) is 0 Å². The number of amides is 1. The van der Waals surface area contributed by atoms with Gasteiger partial charge in [0.25, 0.3) is 0 Å². The lowest BCUT2D eigenvalue weighted by atomic mass is 10.2. The van der Waals surface area contributed by atoms with Crippen molar-refractivity contribution < 1.29 is 22.0 Å². The number of fused-ring (bicyclic) bond motifs is 1. The Morgan fingerprint density at radius 3 is 2.55 bits per heavy atom. The number of sulfonamides is 1. The first-order chi connectivity index (χ1) is 13.6. The second-order valence-corrected chi connectivity index (χ2v) is 9.11. The number of rotatable bonds is 6. The number of hydrogen-bond acceptors (Lipinski definition) is 5. The Morgan fingerprint density at radius 1 is 1.21 bits per heavy atom. The highest BCUT2D eigenvalue weighted by Crippen LogP contribution is 2.24. The van der Waals surface area contributed by atoms with Crippen LogP contribution in [-0.4, -0.2) is 31.7 Å². The van der Waals surface area contributed by atoms with Crippen LogP contribution >= 0.6 is 11.3 Å². The van der Waals surface area contributed by atoms with Gasteiger partial charge in [-0.3, -0.25) is 18.5 Å². The number of thiazole rings is 1. The van der Waals surface area contributed by atoms with Crippen LogP contribution in [0, 0.1) is 11.6 Å². The van der Waals surface area contributed by atoms with E-state index in [9.17, 15) is 26.8 Å². The van der Waals surface area contributed by atoms with Gasteiger partial charge in [0, 0.05) is 18.3 Å². The van der Waals surface area contributed by atoms with E-state index in [1.165, 1.54) is 0 Å². The highest BCUT2D eigenvalue weighted by atomic mass is 32.2. The second-order valence-electron chi connectivity index (χ2n) is 6.21. The predicted molar refractivity (Wildman–Crippen MR) is 109 cm³/mol. The summed E-state index contributed by atoms with van der Waals surface area (Å²) >= 11 is 1.03. The van der Waals surface area contributed by atoms with E-state index in [0.717, 1.165) is 35.2 Å². The van der Waals surface area contributed by atoms with Gasteiger partial charge in [0.05, 0.1) is 22.2 Å². The van der Waals surface area contributed by atoms with Crippen LogP contribution in [0.5, 0.6) is 0 Å². The van der Waals surface area contributed by atoms with Gasteiger partial charge < -0.3 is 5.32 Å². The summed E-state index contributed by atoms with van der Waals surface area (Å²) in [5.74, 6) is -2.69. The van der Waals surface area contributed by atoms with Crippen molar-refractivity contribution >= 4 is 48.9 Å². The van der Waals surface area contributed by atoms with E-state index in [1.54, 1.807) is 22.8 Å². The maximum Gasteiger partial charge on any atom is 0.308 e. The Hall–Kier alpha value is -2.79. The first-order valence-corrected chi connectivity index (χ1v) is 11.1. The molecule has 3 rings (SSSR count). The molecule has 3 aromatic rings. The molecular formula is C18H17F2N3O4S2. The number of carbonyl (C=O) groups excluding carboxylic acids is 1. The molecule has 0 aliphatic heterocycles. The number of nitrogens with zero attached hydrogens (tertiary/aromatic N) is 2. The summed E-state index contributed by atoms with van der Waals surface area (Å²) in [5, 5.41) is 2.54. The molecule has 1 N–H and O–H groups in total. The van der Waals surface area contributed by atoms with Crippen LogP contribution in [0.15, 0.2) is 41.2 Å². The average molecular weight is 441 g/mol. The summed E-state index contributed by atoms with van der Waals surface area (Å²) < 4.78 is 54.1. The standard InChI is InChI=1S/C18H17F2N3O4S2/c1-3-22-15-7-5-12(9-16(15)28-18(22)25)21-17(24)10-23(29(2,26)27)14-6-4-11(19)8-13(14)20/h4-9H,3,10H2,1-2H3,(H,21,24). The predicted octanol–water partition coefficient (Wildman–Crippen LogP) is 2.77. The van der Waals surface area contributed by atoms with Gasteiger partial charge in [-0.25, -0.2) is 17.2 Å². The van der Waals surface area contributed by atoms with E-state index in [1.807, 2.05) is 6.92 Å². The Balaban J connectivity index is 1.85. The van der Waals surface area contributed by atoms with Gasteiger partial charge in [-0.05, 0) is 37.3 Å². The van der Waals surface area contributed by atoms with E-state index in [2.05, 4.69) is 5.32 Å². The molecule has 0 unspecified atom stereocenters. The van der Waals surface area contributed by atoms with Crippen LogP contribution in [0.2, 0.25) is 0 Å². The van der Waals surface area contributed by atoms with Crippen LogP contribution in [0.4, 0.5) is 20.2 Å². The van der Waals surface area contributed by atoms with Crippen molar-refractivity contribution in [2.24, 2.45) is 0 Å². The molecule has 0 spiro atoms. The highest BCUT2D eigenvalue weighted by molar-refractivity contribution is 7.92. The smallest absolute Gasteiger partial charge is 0.308 e. The summed E-state index contributed by atoms with van der Waals surface area (Å²) in [6.07, 6.45) is 0.820. The summed E-state index contributed by atoms with van der Waals surface area (Å²) in [6.45, 7) is 1.65. The van der Waals surface area contributed by atoms with Gasteiger partial charge in [-0.1, -0.05) is 11.3 Å². The number of aryl methyl sites for hydroxylation is 1. The highest BCUT2D eigenvalue weighted by Gasteiger charge is 2.24. The molecule has 1 heterocycles. The van der Waals surface area contributed by atoms with Gasteiger partial charge in [-0.15, -0.1) is 0 Å². The first kappa shape index (κ1) is 20.9. The molecular weight excluding hydrogens is 424 g/mol. The molecule has 154 valence electrons. The number of hydrogen-bond donors (Lipinski definition) is 1. The number of anilines is 2. The van der Waals surface area contributed by atoms with E-state index in [4.69, 9.17) is 0 Å². The van der Waals surface area contributed by atoms with Gasteiger partial charge >= 0.3 is 4.87 Å². The Kier molecular flexibility index (Phi) is 5.71. The molecule has 1 amide bonds. The fourth-order valence-electron chi connectivity index (χ4n) is 2.84. The largest absolute Gasteiger partial charge is 0.324 e. The fourth-order valence-corrected chi connectivity index (χ4v) is 4.69. The summed E-state index contributed by atoms with van der Waals surface area (Å²) in [7, 11) is -4.01. The van der Waals surface area contributed by atoms with E-state index in [-0.39, 0.29) is 4.87 Å². The fraction of sp³-hybridized carbons (Fsp3) is 0.222. The zero-order valence-electron chi connectivity index (χ0n) is 15.5. The molecule has 7 nitrogen and oxygen atoms in total. The van der Waals surface area contributed by atoms with Crippen molar-refractivity contribution in [3.05, 3.63) is 57.7 Å². The topological polar surface area (TPSA) is 88.5 Å². The van der Waals surface area contributed by atoms with Crippen molar-refractivity contribution in [3.8, 4) is 0 Å². The van der Waals surface area contributed by atoms with Gasteiger partial charge in [-0.2, -0.15) is 0 Å². The van der Waals surface area contributed by atoms with Crippen molar-refractivity contribution in [2.75, 3.05) is 22.4 Å². The first-order valence-electron chi connectivity index (χ1n) is 8.46. The maximum atomic E-state index is 14.0. The monoisotopic (exact) mass is 441 g/mol. The van der Waals surface area contributed by atoms with E-state index >= 15 is 0 Å². The Labute approximate surface area is 169 Å². The molecule has 0 saturated carbocycles. The van der Waals surface area contributed by atoms with Gasteiger partial charge in [0.15, 0.2) is 0 Å².